The first-order chi connectivity index (χ1) is 20.7. The maximum absolute atomic E-state index is 10.1. The van der Waals surface area contributed by atoms with Crippen LogP contribution < -0.4 is 21.7 Å². The molecule has 8 N–H and O–H groups in total. The van der Waals surface area contributed by atoms with E-state index in [9.17, 15) is 30.0 Å². The fraction of sp³-hybridized carbons (Fsp3) is 0.500. The highest BCUT2D eigenvalue weighted by molar-refractivity contribution is 5.65. The van der Waals surface area contributed by atoms with E-state index >= 15 is 0 Å². The van der Waals surface area contributed by atoms with Gasteiger partial charge in [-0.2, -0.15) is 0 Å². The number of benzene rings is 2. The van der Waals surface area contributed by atoms with E-state index < -0.39 is 24.1 Å². The molecule has 2 aromatic carbocycles. The summed E-state index contributed by atoms with van der Waals surface area (Å²) in [6.45, 7) is 15.5. The average Bonchev–Trinajstić information content (AvgIpc) is 2.96. The molecule has 0 saturated heterocycles. The van der Waals surface area contributed by atoms with Crippen molar-refractivity contribution in [2.24, 2.45) is 11.8 Å². The zero-order valence-corrected chi connectivity index (χ0v) is 27.4. The Balaban J connectivity index is 0. The van der Waals surface area contributed by atoms with Crippen LogP contribution in [0.5, 0.6) is 0 Å². The highest BCUT2D eigenvalue weighted by atomic mass is 16.4. The molecule has 0 spiro atoms. The van der Waals surface area contributed by atoms with Gasteiger partial charge in [0.05, 0.1) is 12.2 Å². The summed E-state index contributed by atoms with van der Waals surface area (Å²) in [5.41, 5.74) is 10.4. The lowest BCUT2D eigenvalue weighted by Crippen LogP contribution is -2.51. The number of carbonyl (C=O) groups is 2. The second-order valence-electron chi connectivity index (χ2n) is 11.5. The van der Waals surface area contributed by atoms with E-state index in [0.29, 0.717) is 36.8 Å². The van der Waals surface area contributed by atoms with Gasteiger partial charge in [0.15, 0.2) is 0 Å². The molecule has 6 atom stereocenters. The normalized spacial score (nSPS) is 14.2. The second kappa shape index (κ2) is 27.3. The third-order valence-electron chi connectivity index (χ3n) is 6.67. The Kier molecular flexibility index (Phi) is 26.5. The first-order valence-electron chi connectivity index (χ1n) is 15.5. The third-order valence-corrected chi connectivity index (χ3v) is 6.67. The van der Waals surface area contributed by atoms with E-state index in [0.717, 1.165) is 25.7 Å². The van der Waals surface area contributed by atoms with Crippen LogP contribution in [0.4, 0.5) is 0 Å². The molecule has 0 saturated carbocycles. The Labute approximate surface area is 265 Å². The van der Waals surface area contributed by atoms with Crippen LogP contribution in [0.2, 0.25) is 0 Å². The van der Waals surface area contributed by atoms with E-state index in [1.54, 1.807) is 0 Å². The minimum Gasteiger partial charge on any atom is -0.550 e. The summed E-state index contributed by atoms with van der Waals surface area (Å²) in [5.74, 6) is -1.48. The number of carboxylic acid groups (broad SMARTS) is 2. The first-order valence-corrected chi connectivity index (χ1v) is 15.5. The highest BCUT2D eigenvalue weighted by Crippen LogP contribution is 2.14. The Morgan fingerprint density at radius 1 is 0.659 bits per heavy atom. The Morgan fingerprint density at radius 2 is 0.955 bits per heavy atom. The first kappa shape index (κ1) is 42.8. The van der Waals surface area contributed by atoms with Crippen LogP contribution in [-0.4, -0.2) is 34.4 Å². The number of hydrogen-bond donors (Lipinski definition) is 4. The van der Waals surface area contributed by atoms with E-state index in [1.165, 1.54) is 11.1 Å². The summed E-state index contributed by atoms with van der Waals surface area (Å²) in [5, 5.41) is 38.6. The third kappa shape index (κ3) is 27.5. The monoisotopic (exact) mass is 614 g/mol. The topological polar surface area (TPSA) is 176 Å². The minimum atomic E-state index is -1.19. The van der Waals surface area contributed by atoms with Gasteiger partial charge in [-0.05, 0) is 64.2 Å². The highest BCUT2D eigenvalue weighted by Gasteiger charge is 2.08. The van der Waals surface area contributed by atoms with Gasteiger partial charge in [-0.3, -0.25) is 0 Å². The molecule has 0 aliphatic rings. The van der Waals surface area contributed by atoms with Crippen molar-refractivity contribution in [3.8, 4) is 0 Å². The van der Waals surface area contributed by atoms with Gasteiger partial charge in [-0.1, -0.05) is 86.7 Å². The molecule has 0 bridgehead atoms. The molecule has 0 amide bonds. The number of aliphatic hydroxyl groups is 2. The number of carboxylic acids is 2. The molecule has 8 heteroatoms. The second-order valence-corrected chi connectivity index (χ2v) is 11.5. The predicted molar refractivity (Wildman–Crippen MR) is 173 cm³/mol. The standard InChI is InChI=1S/2C10H18O3.2C8H11N/c2*1-3-4-8(2)5-6-9(11)7-10(12)13;2*1-7(9)8-5-3-2-4-6-8/h2*3,8-9,11H,1,4-7H2,2H3,(H,12,13);2*2-7H,9H2,1H3/t2*8-,9-;2*7-/m1111/s1. The van der Waals surface area contributed by atoms with Gasteiger partial charge in [0, 0.05) is 35.9 Å². The van der Waals surface area contributed by atoms with Crippen molar-refractivity contribution in [2.45, 2.75) is 103 Å². The van der Waals surface area contributed by atoms with Gasteiger partial charge >= 0.3 is 0 Å². The number of aliphatic hydroxyl groups excluding tert-OH is 2. The van der Waals surface area contributed by atoms with E-state index in [1.807, 2.05) is 62.4 Å². The fourth-order valence-corrected chi connectivity index (χ4v) is 3.91. The quantitative estimate of drug-likeness (QED) is 0.211. The molecule has 44 heavy (non-hydrogen) atoms. The zero-order valence-electron chi connectivity index (χ0n) is 27.4. The largest absolute Gasteiger partial charge is 0.550 e. The Hall–Kier alpha value is -3.30. The average molecular weight is 615 g/mol. The Bertz CT molecular complexity index is 917. The molecular weight excluding hydrogens is 556 g/mol. The molecule has 248 valence electrons. The number of carbonyl (C=O) groups excluding carboxylic acids is 2. The number of allylic oxidation sites excluding steroid dienone is 2. The molecule has 0 aliphatic carbocycles. The molecule has 8 nitrogen and oxygen atoms in total. The molecule has 2 rings (SSSR count). The number of aliphatic carboxylic acids is 2. The van der Waals surface area contributed by atoms with Crippen LogP contribution in [0.3, 0.4) is 0 Å². The van der Waals surface area contributed by atoms with Gasteiger partial charge in [-0.25, -0.2) is 0 Å². The van der Waals surface area contributed by atoms with Crippen LogP contribution in [0, 0.1) is 11.8 Å². The molecule has 2 aromatic rings. The van der Waals surface area contributed by atoms with Crippen LogP contribution in [0.15, 0.2) is 86.0 Å². The summed E-state index contributed by atoms with van der Waals surface area (Å²) >= 11 is 0. The lowest BCUT2D eigenvalue weighted by atomic mass is 9.99. The summed E-state index contributed by atoms with van der Waals surface area (Å²) in [6.07, 6.45) is 6.07. The van der Waals surface area contributed by atoms with Gasteiger partial charge in [0.25, 0.3) is 0 Å². The maximum atomic E-state index is 10.1. The van der Waals surface area contributed by atoms with Gasteiger partial charge < -0.3 is 41.5 Å². The van der Waals surface area contributed by atoms with Crippen LogP contribution in [0.25, 0.3) is 0 Å². The van der Waals surface area contributed by atoms with E-state index in [-0.39, 0.29) is 12.8 Å². The fourth-order valence-electron chi connectivity index (χ4n) is 3.91. The molecule has 0 aromatic heterocycles. The van der Waals surface area contributed by atoms with Crippen molar-refractivity contribution < 1.29 is 41.5 Å². The van der Waals surface area contributed by atoms with Crippen molar-refractivity contribution in [1.82, 2.24) is 0 Å². The number of rotatable bonds is 16. The predicted octanol–water partition coefficient (Wildman–Crippen LogP) is 2.94. The van der Waals surface area contributed by atoms with Crippen molar-refractivity contribution in [1.29, 1.82) is 0 Å². The summed E-state index contributed by atoms with van der Waals surface area (Å²) in [6, 6.07) is 21.4. The van der Waals surface area contributed by atoms with Gasteiger partial charge in [0.1, 0.15) is 12.1 Å². The van der Waals surface area contributed by atoms with E-state index in [4.69, 9.17) is 0 Å². The number of quaternary nitrogens is 2. The summed E-state index contributed by atoms with van der Waals surface area (Å²) in [7, 11) is 0. The SMILES string of the molecule is C=CC[C@@H](C)CC[C@@H](O)CC(=O)[O-].C=CC[C@@H](C)CC[C@@H](O)CC(=O)[O-].C[C@@H]([NH3+])c1ccccc1.C[C@@H]([NH3+])c1ccccc1. The van der Waals surface area contributed by atoms with Crippen molar-refractivity contribution in [3.63, 3.8) is 0 Å². The van der Waals surface area contributed by atoms with Crippen LogP contribution in [-0.2, 0) is 9.59 Å². The summed E-state index contributed by atoms with van der Waals surface area (Å²) in [4.78, 5) is 20.2. The van der Waals surface area contributed by atoms with Crippen molar-refractivity contribution in [3.05, 3.63) is 97.1 Å². The van der Waals surface area contributed by atoms with Crippen LogP contribution >= 0.6 is 0 Å². The van der Waals surface area contributed by atoms with Crippen molar-refractivity contribution in [2.75, 3.05) is 0 Å². The van der Waals surface area contributed by atoms with E-state index in [2.05, 4.69) is 62.7 Å². The lowest BCUT2D eigenvalue weighted by Gasteiger charge is -2.13. The minimum absolute atomic E-state index is 0.263. The molecule has 0 fully saturated rings. The lowest BCUT2D eigenvalue weighted by molar-refractivity contribution is -0.420. The molecule has 0 aliphatic heterocycles. The van der Waals surface area contributed by atoms with Gasteiger partial charge in [0.2, 0.25) is 0 Å². The smallest absolute Gasteiger partial charge is 0.107 e. The Morgan fingerprint density at radius 3 is 1.16 bits per heavy atom. The molecular formula is C36H58N2O6. The molecule has 0 radical (unpaired) electrons. The number of hydrogen-bond acceptors (Lipinski definition) is 6. The molecule has 0 heterocycles. The van der Waals surface area contributed by atoms with Gasteiger partial charge in [-0.15, -0.1) is 13.2 Å². The van der Waals surface area contributed by atoms with Crippen molar-refractivity contribution >= 4 is 11.9 Å². The molecule has 0 unspecified atom stereocenters. The van der Waals surface area contributed by atoms with Crippen LogP contribution in [0.1, 0.15) is 102 Å². The maximum Gasteiger partial charge on any atom is 0.107 e. The zero-order chi connectivity index (χ0) is 33.9. The summed E-state index contributed by atoms with van der Waals surface area (Å²) < 4.78 is 0.